The molecule has 6 rings (SSSR count). The maximum Gasteiger partial charge on any atom is 0.237 e. The molecule has 2 aliphatic rings. The highest BCUT2D eigenvalue weighted by Crippen LogP contribution is 2.42. The number of anilines is 6. The molecule has 3 aromatic heterocycles. The van der Waals surface area contributed by atoms with Crippen LogP contribution >= 0.6 is 22.9 Å². The zero-order valence-corrected chi connectivity index (χ0v) is 29.1. The number of likely N-dealkylation sites (N-methyl/N-ethyl adjacent to an activating group) is 1. The third-order valence-corrected chi connectivity index (χ3v) is 10.8. The molecule has 0 spiro atoms. The van der Waals surface area contributed by atoms with Crippen molar-refractivity contribution in [2.24, 2.45) is 0 Å². The number of nitrogens with one attached hydrogen (secondary N) is 2. The number of piperazine rings is 1. The third-order valence-electron chi connectivity index (χ3n) is 8.13. The van der Waals surface area contributed by atoms with Gasteiger partial charge in [0, 0.05) is 51.4 Å². The smallest absolute Gasteiger partial charge is 0.237 e. The topological polar surface area (TPSA) is 157 Å². The third kappa shape index (κ3) is 7.52. The van der Waals surface area contributed by atoms with Crippen LogP contribution in [0.15, 0.2) is 36.1 Å². The Morgan fingerprint density at radius 2 is 1.72 bits per heavy atom. The second-order valence-corrected chi connectivity index (χ2v) is 16.5. The summed E-state index contributed by atoms with van der Waals surface area (Å²) < 4.78 is 70.2. The minimum Gasteiger partial charge on any atom is -0.354 e. The molecule has 2 aliphatic heterocycles. The molecule has 0 unspecified atom stereocenters. The number of pyridine rings is 1. The summed E-state index contributed by atoms with van der Waals surface area (Å²) in [6.45, 7) is 5.59. The van der Waals surface area contributed by atoms with E-state index in [0.717, 1.165) is 55.8 Å². The number of benzene rings is 1. The monoisotopic (exact) mass is 724 g/mol. The van der Waals surface area contributed by atoms with E-state index < -0.39 is 25.9 Å². The van der Waals surface area contributed by atoms with Crippen molar-refractivity contribution in [1.29, 1.82) is 0 Å². The number of fused-ring (bicyclic) bond motifs is 1. The van der Waals surface area contributed by atoms with Crippen molar-refractivity contribution >= 4 is 87.8 Å². The first-order valence-corrected chi connectivity index (χ1v) is 19.7. The average Bonchev–Trinajstić information content (AvgIpc) is 3.49. The lowest BCUT2D eigenvalue weighted by Gasteiger charge is -2.42. The molecule has 47 heavy (non-hydrogen) atoms. The SMILES string of the molecule is CN1CCN(C2CCN(c3ncc(Nc4ncc(Cl)c(N(c5ccc6scnc6c5NS(C)(=O)=O)S(C)(=O)=O)n4)cc3F)CC2)CC1. The molecule has 0 saturated carbocycles. The molecule has 2 fully saturated rings. The van der Waals surface area contributed by atoms with E-state index in [2.05, 4.69) is 46.8 Å². The van der Waals surface area contributed by atoms with E-state index in [1.54, 1.807) is 6.07 Å². The number of nitrogens with zero attached hydrogens (tertiary/aromatic N) is 8. The van der Waals surface area contributed by atoms with Crippen LogP contribution in [-0.2, 0) is 20.0 Å². The van der Waals surface area contributed by atoms with Gasteiger partial charge in [0.1, 0.15) is 16.2 Å². The summed E-state index contributed by atoms with van der Waals surface area (Å²) in [5.41, 5.74) is 1.87. The molecule has 0 aliphatic carbocycles. The van der Waals surface area contributed by atoms with E-state index in [-0.39, 0.29) is 45.2 Å². The highest BCUT2D eigenvalue weighted by molar-refractivity contribution is 7.92. The zero-order valence-electron chi connectivity index (χ0n) is 25.9. The Labute approximate surface area is 281 Å². The maximum absolute atomic E-state index is 15.4. The number of sulfonamides is 2. The average molecular weight is 725 g/mol. The van der Waals surface area contributed by atoms with Crippen molar-refractivity contribution in [1.82, 2.24) is 29.7 Å². The van der Waals surface area contributed by atoms with Gasteiger partial charge in [0.15, 0.2) is 17.5 Å². The molecular weight excluding hydrogens is 691 g/mol. The Morgan fingerprint density at radius 3 is 2.38 bits per heavy atom. The number of hydrogen-bond acceptors (Lipinski definition) is 13. The first-order valence-electron chi connectivity index (χ1n) is 14.7. The normalized spacial score (nSPS) is 17.3. The summed E-state index contributed by atoms with van der Waals surface area (Å²) in [7, 11) is -5.88. The Hall–Kier alpha value is -3.42. The van der Waals surface area contributed by atoms with Crippen LogP contribution in [0.1, 0.15) is 12.8 Å². The Kier molecular flexibility index (Phi) is 9.43. The van der Waals surface area contributed by atoms with E-state index in [1.165, 1.54) is 41.4 Å². The lowest BCUT2D eigenvalue weighted by Crippen LogP contribution is -2.52. The van der Waals surface area contributed by atoms with Crippen LogP contribution in [-0.4, -0.2) is 111 Å². The molecular formula is C28H34ClFN10O4S3. The molecule has 2 N–H and O–H groups in total. The van der Waals surface area contributed by atoms with Crippen LogP contribution in [0.5, 0.6) is 0 Å². The summed E-state index contributed by atoms with van der Waals surface area (Å²) in [5, 5.41) is 2.74. The molecule has 5 heterocycles. The highest BCUT2D eigenvalue weighted by atomic mass is 35.5. The van der Waals surface area contributed by atoms with Gasteiger partial charge in [-0.2, -0.15) is 4.98 Å². The molecule has 1 aromatic carbocycles. The Bertz CT molecular complexity index is 2000. The lowest BCUT2D eigenvalue weighted by molar-refractivity contribution is 0.0980. The van der Waals surface area contributed by atoms with Crippen LogP contribution in [0.25, 0.3) is 10.2 Å². The van der Waals surface area contributed by atoms with E-state index in [4.69, 9.17) is 11.6 Å². The predicted molar refractivity (Wildman–Crippen MR) is 184 cm³/mol. The van der Waals surface area contributed by atoms with E-state index in [0.29, 0.717) is 23.8 Å². The number of piperidine rings is 1. The van der Waals surface area contributed by atoms with Gasteiger partial charge >= 0.3 is 0 Å². The minimum absolute atomic E-state index is 0.0599. The first-order chi connectivity index (χ1) is 22.3. The lowest BCUT2D eigenvalue weighted by atomic mass is 10.0. The number of aromatic nitrogens is 4. The molecule has 252 valence electrons. The molecule has 2 saturated heterocycles. The molecule has 0 atom stereocenters. The van der Waals surface area contributed by atoms with Crippen molar-refractivity contribution in [3.8, 4) is 0 Å². The maximum atomic E-state index is 15.4. The van der Waals surface area contributed by atoms with Crippen LogP contribution < -0.4 is 19.2 Å². The standard InChI is InChI=1S/C28H34ClFN10O4S3/c1-37-10-12-38(13-11-37)19-6-8-39(9-7-19)27-21(30)14-18(15-31-27)34-28-32-16-20(29)26(35-28)40(47(3,43)44)22-4-5-23-25(33-17-45-23)24(22)36-46(2,41)42/h4-5,14-17,19,36H,6-13H2,1-3H3,(H,32,34,35). The molecule has 0 amide bonds. The van der Waals surface area contributed by atoms with Crippen LogP contribution in [0.2, 0.25) is 5.02 Å². The van der Waals surface area contributed by atoms with Gasteiger partial charge in [0.05, 0.1) is 46.5 Å². The fourth-order valence-corrected chi connectivity index (χ4v) is 8.32. The zero-order chi connectivity index (χ0) is 33.5. The van der Waals surface area contributed by atoms with Crippen molar-refractivity contribution in [3.63, 3.8) is 0 Å². The molecule has 4 aromatic rings. The van der Waals surface area contributed by atoms with E-state index in [9.17, 15) is 16.8 Å². The summed E-state index contributed by atoms with van der Waals surface area (Å²) in [4.78, 5) is 23.9. The fourth-order valence-electron chi connectivity index (χ4n) is 5.88. The predicted octanol–water partition coefficient (Wildman–Crippen LogP) is 3.70. The van der Waals surface area contributed by atoms with Crippen LogP contribution in [0.4, 0.5) is 39.0 Å². The highest BCUT2D eigenvalue weighted by Gasteiger charge is 2.30. The molecule has 14 nitrogen and oxygen atoms in total. The van der Waals surface area contributed by atoms with Gasteiger partial charge in [-0.1, -0.05) is 11.6 Å². The number of hydrogen-bond donors (Lipinski definition) is 2. The number of thiazole rings is 1. The van der Waals surface area contributed by atoms with Crippen molar-refractivity contribution in [3.05, 3.63) is 46.9 Å². The minimum atomic E-state index is -4.16. The summed E-state index contributed by atoms with van der Waals surface area (Å²) in [6, 6.07) is 4.82. The summed E-state index contributed by atoms with van der Waals surface area (Å²) in [5.74, 6) is -0.608. The van der Waals surface area contributed by atoms with Crippen molar-refractivity contribution in [2.45, 2.75) is 18.9 Å². The van der Waals surface area contributed by atoms with Gasteiger partial charge in [-0.15, -0.1) is 11.3 Å². The number of rotatable bonds is 9. The summed E-state index contributed by atoms with van der Waals surface area (Å²) >= 11 is 7.69. The second-order valence-electron chi connectivity index (χ2n) is 11.6. The van der Waals surface area contributed by atoms with Crippen LogP contribution in [0.3, 0.4) is 0 Å². The largest absolute Gasteiger partial charge is 0.354 e. The van der Waals surface area contributed by atoms with Crippen molar-refractivity contribution in [2.75, 3.05) is 78.1 Å². The Morgan fingerprint density at radius 1 is 1.00 bits per heavy atom. The molecule has 0 bridgehead atoms. The van der Waals surface area contributed by atoms with Gasteiger partial charge in [-0.25, -0.2) is 40.5 Å². The molecule has 0 radical (unpaired) electrons. The van der Waals surface area contributed by atoms with Gasteiger partial charge in [0.25, 0.3) is 0 Å². The number of halogens is 2. The summed E-state index contributed by atoms with van der Waals surface area (Å²) in [6.07, 6.45) is 6.39. The Balaban J connectivity index is 1.24. The van der Waals surface area contributed by atoms with Crippen molar-refractivity contribution < 1.29 is 21.2 Å². The first kappa shape index (κ1) is 33.5. The second kappa shape index (κ2) is 13.2. The van der Waals surface area contributed by atoms with E-state index >= 15 is 4.39 Å². The van der Waals surface area contributed by atoms with Gasteiger partial charge < -0.3 is 15.1 Å². The quantitative estimate of drug-likeness (QED) is 0.259. The van der Waals surface area contributed by atoms with E-state index in [1.807, 2.05) is 4.90 Å². The van der Waals surface area contributed by atoms with Crippen LogP contribution in [0, 0.1) is 5.82 Å². The fraction of sp³-hybridized carbons (Fsp3) is 0.429. The van der Waals surface area contributed by atoms with Gasteiger partial charge in [-0.3, -0.25) is 9.62 Å². The van der Waals surface area contributed by atoms with Gasteiger partial charge in [0.2, 0.25) is 26.0 Å². The van der Waals surface area contributed by atoms with Gasteiger partial charge in [-0.05, 0) is 32.0 Å². The molecule has 19 heteroatoms.